The van der Waals surface area contributed by atoms with Crippen LogP contribution in [0, 0.1) is 13.8 Å². The molecule has 0 spiro atoms. The Labute approximate surface area is 292 Å². The highest BCUT2D eigenvalue weighted by Crippen LogP contribution is 2.32. The molecular formula is C42H31N9. The zero-order valence-electron chi connectivity index (χ0n) is 28.2. The minimum atomic E-state index is 0.822. The second kappa shape index (κ2) is 11.1. The summed E-state index contributed by atoms with van der Waals surface area (Å²) in [5.41, 5.74) is 16.3. The lowest BCUT2D eigenvalue weighted by Crippen LogP contribution is -1.94. The summed E-state index contributed by atoms with van der Waals surface area (Å²) in [5, 5.41) is 0. The molecule has 9 nitrogen and oxygen atoms in total. The van der Waals surface area contributed by atoms with Crippen molar-refractivity contribution in [3.63, 3.8) is 0 Å². The van der Waals surface area contributed by atoms with Crippen molar-refractivity contribution in [2.75, 3.05) is 0 Å². The third-order valence-corrected chi connectivity index (χ3v) is 9.68. The van der Waals surface area contributed by atoms with Crippen molar-refractivity contribution in [1.29, 1.82) is 0 Å². The minimum absolute atomic E-state index is 0.822. The summed E-state index contributed by atoms with van der Waals surface area (Å²) in [4.78, 5) is 34.3. The van der Waals surface area contributed by atoms with Gasteiger partial charge in [0.15, 0.2) is 5.82 Å². The Morgan fingerprint density at radius 3 is 1.75 bits per heavy atom. The molecule has 10 rings (SSSR count). The number of benzene rings is 5. The number of aryl methyl sites for hydroxylation is 3. The van der Waals surface area contributed by atoms with E-state index in [1.54, 1.807) is 0 Å². The van der Waals surface area contributed by atoms with Gasteiger partial charge in [-0.05, 0) is 96.3 Å². The quantitative estimate of drug-likeness (QED) is 0.170. The largest absolute Gasteiger partial charge is 0.342 e. The fourth-order valence-electron chi connectivity index (χ4n) is 6.96. The summed E-state index contributed by atoms with van der Waals surface area (Å²) in [6.45, 7) is 4.01. The van der Waals surface area contributed by atoms with Crippen molar-refractivity contribution >= 4 is 44.1 Å². The highest BCUT2D eigenvalue weighted by molar-refractivity contribution is 5.90. The summed E-state index contributed by atoms with van der Waals surface area (Å²) < 4.78 is 2.10. The normalized spacial score (nSPS) is 11.8. The Morgan fingerprint density at radius 2 is 1.04 bits per heavy atom. The molecule has 0 amide bonds. The highest BCUT2D eigenvalue weighted by Gasteiger charge is 2.14. The van der Waals surface area contributed by atoms with Crippen LogP contribution >= 0.6 is 0 Å². The highest BCUT2D eigenvalue weighted by atomic mass is 15.1. The fraction of sp³-hybridized carbons (Fsp3) is 0.0714. The van der Waals surface area contributed by atoms with E-state index >= 15 is 0 Å². The molecule has 10 aromatic rings. The number of fused-ring (bicyclic) bond motifs is 4. The molecular weight excluding hydrogens is 631 g/mol. The number of aromatic amines is 3. The number of pyridine rings is 1. The summed E-state index contributed by atoms with van der Waals surface area (Å²) in [7, 11) is 2.04. The van der Waals surface area contributed by atoms with E-state index in [1.807, 2.05) is 33.2 Å². The molecule has 0 aliphatic rings. The molecule has 244 valence electrons. The van der Waals surface area contributed by atoms with Gasteiger partial charge in [0.25, 0.3) is 0 Å². The number of H-pyrrole nitrogens is 3. The SMILES string of the molecule is Cc1ccc(-c2nc3cc(-c4ccc5nc(-c6ccc(-c7nc8cc(-c9ccc%10nc(C)[nH]c%10c9)ccc8[nH]7)cc6)[nH]c5c4)ccc3n2C)nc1. The van der Waals surface area contributed by atoms with Crippen LogP contribution in [0.5, 0.6) is 0 Å². The van der Waals surface area contributed by atoms with Crippen LogP contribution in [0.2, 0.25) is 0 Å². The van der Waals surface area contributed by atoms with E-state index in [0.717, 1.165) is 112 Å². The molecule has 51 heavy (non-hydrogen) atoms. The lowest BCUT2D eigenvalue weighted by Gasteiger charge is -2.03. The molecule has 0 aliphatic heterocycles. The summed E-state index contributed by atoms with van der Waals surface area (Å²) in [5.74, 6) is 3.42. The summed E-state index contributed by atoms with van der Waals surface area (Å²) in [6, 6.07) is 37.8. The summed E-state index contributed by atoms with van der Waals surface area (Å²) in [6.07, 6.45) is 1.88. The van der Waals surface area contributed by atoms with E-state index in [2.05, 4.69) is 133 Å². The molecule has 5 aromatic carbocycles. The monoisotopic (exact) mass is 661 g/mol. The smallest absolute Gasteiger partial charge is 0.159 e. The Bertz CT molecular complexity index is 2940. The first-order chi connectivity index (χ1) is 24.9. The van der Waals surface area contributed by atoms with Crippen LogP contribution in [-0.2, 0) is 7.05 Å². The standard InChI is InChI=1S/C42H31N9/c1-23-4-13-34(43-22-23)42-50-38-21-30(12-17-39(38)51(42)3)29-11-16-33-37(20-29)49-41(47-33)26-7-5-25(6-8-26)40-46-32-15-10-28(19-36(32)48-40)27-9-14-31-35(18-27)45-24(2)44-31/h4-22H,1-3H3,(H,44,45)(H,46,48)(H,47,49). The number of hydrogen-bond acceptors (Lipinski definition) is 5. The average molecular weight is 662 g/mol. The molecule has 5 heterocycles. The van der Waals surface area contributed by atoms with Gasteiger partial charge < -0.3 is 19.5 Å². The lowest BCUT2D eigenvalue weighted by molar-refractivity contribution is 0.949. The number of nitrogens with one attached hydrogen (secondary N) is 3. The van der Waals surface area contributed by atoms with Gasteiger partial charge in [0.1, 0.15) is 23.2 Å². The van der Waals surface area contributed by atoms with Gasteiger partial charge in [-0.15, -0.1) is 0 Å². The van der Waals surface area contributed by atoms with Crippen LogP contribution in [0.15, 0.2) is 115 Å². The minimum Gasteiger partial charge on any atom is -0.342 e. The van der Waals surface area contributed by atoms with Crippen molar-refractivity contribution in [3.05, 3.63) is 127 Å². The molecule has 0 atom stereocenters. The van der Waals surface area contributed by atoms with E-state index in [0.29, 0.717) is 0 Å². The van der Waals surface area contributed by atoms with Gasteiger partial charge in [-0.3, -0.25) is 4.98 Å². The maximum Gasteiger partial charge on any atom is 0.159 e. The van der Waals surface area contributed by atoms with Crippen LogP contribution in [0.25, 0.3) is 101 Å². The third-order valence-electron chi connectivity index (χ3n) is 9.68. The molecule has 0 bridgehead atoms. The Kier molecular flexibility index (Phi) is 6.32. The van der Waals surface area contributed by atoms with E-state index < -0.39 is 0 Å². The van der Waals surface area contributed by atoms with E-state index in [9.17, 15) is 0 Å². The molecule has 5 aromatic heterocycles. The molecule has 3 N–H and O–H groups in total. The van der Waals surface area contributed by atoms with Crippen LogP contribution in [0.1, 0.15) is 11.4 Å². The van der Waals surface area contributed by atoms with E-state index in [-0.39, 0.29) is 0 Å². The molecule has 0 aliphatic carbocycles. The first-order valence-corrected chi connectivity index (χ1v) is 16.9. The van der Waals surface area contributed by atoms with Crippen molar-refractivity contribution in [1.82, 2.24) is 44.4 Å². The van der Waals surface area contributed by atoms with Crippen molar-refractivity contribution in [3.8, 4) is 56.5 Å². The number of rotatable bonds is 5. The second-order valence-corrected chi connectivity index (χ2v) is 13.2. The maximum absolute atomic E-state index is 4.95. The van der Waals surface area contributed by atoms with Crippen LogP contribution in [-0.4, -0.2) is 44.4 Å². The summed E-state index contributed by atoms with van der Waals surface area (Å²) >= 11 is 0. The zero-order chi connectivity index (χ0) is 34.2. The fourth-order valence-corrected chi connectivity index (χ4v) is 6.96. The molecule has 0 fully saturated rings. The van der Waals surface area contributed by atoms with Gasteiger partial charge in [0.2, 0.25) is 0 Å². The van der Waals surface area contributed by atoms with Gasteiger partial charge >= 0.3 is 0 Å². The molecule has 9 heteroatoms. The van der Waals surface area contributed by atoms with Crippen LogP contribution < -0.4 is 0 Å². The molecule has 0 saturated heterocycles. The lowest BCUT2D eigenvalue weighted by atomic mass is 10.0. The Balaban J connectivity index is 0.913. The van der Waals surface area contributed by atoms with Gasteiger partial charge in [-0.25, -0.2) is 19.9 Å². The van der Waals surface area contributed by atoms with Crippen molar-refractivity contribution < 1.29 is 0 Å². The number of nitrogens with zero attached hydrogens (tertiary/aromatic N) is 6. The van der Waals surface area contributed by atoms with E-state index in [4.69, 9.17) is 15.0 Å². The number of imidazole rings is 4. The zero-order valence-corrected chi connectivity index (χ0v) is 28.2. The Morgan fingerprint density at radius 1 is 0.471 bits per heavy atom. The predicted molar refractivity (Wildman–Crippen MR) is 204 cm³/mol. The number of hydrogen-bond donors (Lipinski definition) is 3. The average Bonchev–Trinajstić information content (AvgIpc) is 3.94. The number of aromatic nitrogens is 9. The molecule has 0 saturated carbocycles. The van der Waals surface area contributed by atoms with E-state index in [1.165, 1.54) is 0 Å². The topological polar surface area (TPSA) is 117 Å². The van der Waals surface area contributed by atoms with Gasteiger partial charge in [-0.2, -0.15) is 0 Å². The van der Waals surface area contributed by atoms with Gasteiger partial charge in [0.05, 0.1) is 44.1 Å². The van der Waals surface area contributed by atoms with Crippen LogP contribution in [0.4, 0.5) is 0 Å². The Hall–Kier alpha value is -6.87. The van der Waals surface area contributed by atoms with Crippen molar-refractivity contribution in [2.24, 2.45) is 7.05 Å². The molecule has 0 unspecified atom stereocenters. The van der Waals surface area contributed by atoms with Gasteiger partial charge in [-0.1, -0.05) is 54.6 Å². The first-order valence-electron chi connectivity index (χ1n) is 16.9. The predicted octanol–water partition coefficient (Wildman–Crippen LogP) is 9.55. The maximum atomic E-state index is 4.95. The van der Waals surface area contributed by atoms with Crippen molar-refractivity contribution in [2.45, 2.75) is 13.8 Å². The molecule has 0 radical (unpaired) electrons. The first kappa shape index (κ1) is 29.1. The third kappa shape index (κ3) is 4.97. The van der Waals surface area contributed by atoms with Crippen LogP contribution in [0.3, 0.4) is 0 Å². The second-order valence-electron chi connectivity index (χ2n) is 13.2. The van der Waals surface area contributed by atoms with Gasteiger partial charge in [0, 0.05) is 24.4 Å².